The van der Waals surface area contributed by atoms with Crippen LogP contribution in [0.25, 0.3) is 5.69 Å². The molecule has 3 rings (SSSR count). The molecule has 1 N–H and O–H groups in total. The van der Waals surface area contributed by atoms with Crippen LogP contribution in [0.1, 0.15) is 5.56 Å². The molecule has 0 fully saturated rings. The second-order valence-electron chi connectivity index (χ2n) is 4.52. The highest BCUT2D eigenvalue weighted by atomic mass is 79.9. The zero-order valence-corrected chi connectivity index (χ0v) is 12.6. The number of nitrogens with one attached hydrogen (secondary N) is 1. The van der Waals surface area contributed by atoms with Crippen LogP contribution < -0.4 is 5.32 Å². The van der Waals surface area contributed by atoms with Crippen LogP contribution in [-0.2, 0) is 0 Å². The first-order valence-electron chi connectivity index (χ1n) is 6.36. The summed E-state index contributed by atoms with van der Waals surface area (Å²) >= 11 is 3.61. The summed E-state index contributed by atoms with van der Waals surface area (Å²) < 4.78 is 3.08. The SMILES string of the molecule is Cc1cccc(Nc2nccn2-c2ccccc2)c1Br. The number of para-hydroxylation sites is 1. The Labute approximate surface area is 126 Å². The Hall–Kier alpha value is -2.07. The molecule has 0 atom stereocenters. The number of hydrogen-bond donors (Lipinski definition) is 1. The number of aryl methyl sites for hydroxylation is 1. The third-order valence-electron chi connectivity index (χ3n) is 3.11. The fraction of sp³-hybridized carbons (Fsp3) is 0.0625. The lowest BCUT2D eigenvalue weighted by Crippen LogP contribution is -2.01. The van der Waals surface area contributed by atoms with Crippen molar-refractivity contribution >= 4 is 27.6 Å². The van der Waals surface area contributed by atoms with Gasteiger partial charge in [0.25, 0.3) is 0 Å². The summed E-state index contributed by atoms with van der Waals surface area (Å²) in [5.74, 6) is 0.794. The first kappa shape index (κ1) is 12.9. The summed E-state index contributed by atoms with van der Waals surface area (Å²) in [6.45, 7) is 2.07. The average Bonchev–Trinajstić information content (AvgIpc) is 2.93. The Morgan fingerprint density at radius 2 is 1.85 bits per heavy atom. The summed E-state index contributed by atoms with van der Waals surface area (Å²) in [5.41, 5.74) is 3.28. The maximum Gasteiger partial charge on any atom is 0.212 e. The van der Waals surface area contributed by atoms with Crippen LogP contribution in [-0.4, -0.2) is 9.55 Å². The van der Waals surface area contributed by atoms with E-state index in [9.17, 15) is 0 Å². The second-order valence-corrected chi connectivity index (χ2v) is 5.31. The van der Waals surface area contributed by atoms with E-state index in [1.54, 1.807) is 6.20 Å². The molecule has 2 aromatic carbocycles. The fourth-order valence-electron chi connectivity index (χ4n) is 2.06. The average molecular weight is 328 g/mol. The molecule has 0 bridgehead atoms. The lowest BCUT2D eigenvalue weighted by atomic mass is 10.2. The van der Waals surface area contributed by atoms with Gasteiger partial charge in [0.2, 0.25) is 5.95 Å². The van der Waals surface area contributed by atoms with E-state index < -0.39 is 0 Å². The largest absolute Gasteiger partial charge is 0.324 e. The molecule has 0 aliphatic carbocycles. The molecule has 1 aromatic heterocycles. The predicted octanol–water partition coefficient (Wildman–Crippen LogP) is 4.69. The number of rotatable bonds is 3. The van der Waals surface area contributed by atoms with E-state index in [2.05, 4.69) is 51.4 Å². The molecule has 0 spiro atoms. The van der Waals surface area contributed by atoms with Crippen molar-refractivity contribution in [3.8, 4) is 5.69 Å². The van der Waals surface area contributed by atoms with E-state index in [4.69, 9.17) is 0 Å². The third kappa shape index (κ3) is 2.47. The molecule has 0 unspecified atom stereocenters. The minimum atomic E-state index is 0.794. The highest BCUT2D eigenvalue weighted by molar-refractivity contribution is 9.10. The number of halogens is 1. The van der Waals surface area contributed by atoms with Crippen molar-refractivity contribution in [3.63, 3.8) is 0 Å². The van der Waals surface area contributed by atoms with Gasteiger partial charge in [0.05, 0.1) is 5.69 Å². The van der Waals surface area contributed by atoms with E-state index in [1.165, 1.54) is 5.56 Å². The number of anilines is 2. The number of benzene rings is 2. The number of nitrogens with zero attached hydrogens (tertiary/aromatic N) is 2. The quantitative estimate of drug-likeness (QED) is 0.756. The van der Waals surface area contributed by atoms with Crippen molar-refractivity contribution in [1.29, 1.82) is 0 Å². The maximum atomic E-state index is 4.39. The second kappa shape index (κ2) is 5.51. The summed E-state index contributed by atoms with van der Waals surface area (Å²) in [5, 5.41) is 3.37. The first-order valence-corrected chi connectivity index (χ1v) is 7.16. The molecule has 4 heteroatoms. The Balaban J connectivity index is 1.97. The van der Waals surface area contributed by atoms with Gasteiger partial charge < -0.3 is 5.32 Å². The van der Waals surface area contributed by atoms with Crippen LogP contribution in [0.2, 0.25) is 0 Å². The molecule has 3 nitrogen and oxygen atoms in total. The number of hydrogen-bond acceptors (Lipinski definition) is 2. The molecule has 0 aliphatic heterocycles. The number of imidazole rings is 1. The molecule has 0 radical (unpaired) electrons. The van der Waals surface area contributed by atoms with Gasteiger partial charge in [-0.3, -0.25) is 4.57 Å². The molecular formula is C16H14BrN3. The van der Waals surface area contributed by atoms with E-state index >= 15 is 0 Å². The van der Waals surface area contributed by atoms with E-state index in [0.29, 0.717) is 0 Å². The number of aromatic nitrogens is 2. The molecule has 1 heterocycles. The molecule has 3 aromatic rings. The van der Waals surface area contributed by atoms with Crippen LogP contribution in [0.3, 0.4) is 0 Å². The van der Waals surface area contributed by atoms with Gasteiger partial charge in [-0.15, -0.1) is 0 Å². The molecule has 0 aliphatic rings. The van der Waals surface area contributed by atoms with Gasteiger partial charge >= 0.3 is 0 Å². The van der Waals surface area contributed by atoms with Crippen LogP contribution in [0, 0.1) is 6.92 Å². The normalized spacial score (nSPS) is 10.5. The van der Waals surface area contributed by atoms with Gasteiger partial charge in [-0.2, -0.15) is 0 Å². The molecular weight excluding hydrogens is 314 g/mol. The smallest absolute Gasteiger partial charge is 0.212 e. The van der Waals surface area contributed by atoms with E-state index in [0.717, 1.165) is 21.8 Å². The van der Waals surface area contributed by atoms with Crippen molar-refractivity contribution < 1.29 is 0 Å². The van der Waals surface area contributed by atoms with Gasteiger partial charge in [0.15, 0.2) is 0 Å². The van der Waals surface area contributed by atoms with Crippen molar-refractivity contribution in [2.24, 2.45) is 0 Å². The van der Waals surface area contributed by atoms with Crippen LogP contribution >= 0.6 is 15.9 Å². The highest BCUT2D eigenvalue weighted by Crippen LogP contribution is 2.28. The zero-order chi connectivity index (χ0) is 13.9. The molecule has 0 saturated carbocycles. The van der Waals surface area contributed by atoms with Crippen molar-refractivity contribution in [1.82, 2.24) is 9.55 Å². The van der Waals surface area contributed by atoms with Gasteiger partial charge in [-0.05, 0) is 46.6 Å². The van der Waals surface area contributed by atoms with Crippen LogP contribution in [0.15, 0.2) is 65.4 Å². The van der Waals surface area contributed by atoms with Gasteiger partial charge in [-0.25, -0.2) is 4.98 Å². The van der Waals surface area contributed by atoms with Crippen molar-refractivity contribution in [2.75, 3.05) is 5.32 Å². The molecule has 100 valence electrons. The Morgan fingerprint density at radius 1 is 1.05 bits per heavy atom. The minimum absolute atomic E-state index is 0.794. The maximum absolute atomic E-state index is 4.39. The third-order valence-corrected chi connectivity index (χ3v) is 4.17. The molecule has 0 saturated heterocycles. The summed E-state index contributed by atoms with van der Waals surface area (Å²) in [7, 11) is 0. The van der Waals surface area contributed by atoms with Crippen LogP contribution in [0.4, 0.5) is 11.6 Å². The molecule has 20 heavy (non-hydrogen) atoms. The van der Waals surface area contributed by atoms with Gasteiger partial charge in [0.1, 0.15) is 0 Å². The first-order chi connectivity index (χ1) is 9.75. The summed E-state index contributed by atoms with van der Waals surface area (Å²) in [6.07, 6.45) is 3.74. The van der Waals surface area contributed by atoms with E-state index in [-0.39, 0.29) is 0 Å². The van der Waals surface area contributed by atoms with Crippen molar-refractivity contribution in [3.05, 3.63) is 71.0 Å². The highest BCUT2D eigenvalue weighted by Gasteiger charge is 2.08. The fourth-order valence-corrected chi connectivity index (χ4v) is 2.42. The lowest BCUT2D eigenvalue weighted by molar-refractivity contribution is 1.06. The predicted molar refractivity (Wildman–Crippen MR) is 85.7 cm³/mol. The topological polar surface area (TPSA) is 29.9 Å². The Morgan fingerprint density at radius 3 is 2.65 bits per heavy atom. The van der Waals surface area contributed by atoms with Gasteiger partial charge in [-0.1, -0.05) is 30.3 Å². The summed E-state index contributed by atoms with van der Waals surface area (Å²) in [6, 6.07) is 16.3. The van der Waals surface area contributed by atoms with Gasteiger partial charge in [0, 0.05) is 22.6 Å². The monoisotopic (exact) mass is 327 g/mol. The Kier molecular flexibility index (Phi) is 3.56. The lowest BCUT2D eigenvalue weighted by Gasteiger charge is -2.12. The minimum Gasteiger partial charge on any atom is -0.324 e. The molecule has 0 amide bonds. The summed E-state index contributed by atoms with van der Waals surface area (Å²) in [4.78, 5) is 4.39. The van der Waals surface area contributed by atoms with Crippen molar-refractivity contribution in [2.45, 2.75) is 6.92 Å². The Bertz CT molecular complexity index is 720. The van der Waals surface area contributed by atoms with Crippen LogP contribution in [0.5, 0.6) is 0 Å². The van der Waals surface area contributed by atoms with E-state index in [1.807, 2.05) is 41.1 Å². The zero-order valence-electron chi connectivity index (χ0n) is 11.0. The standard InChI is InChI=1S/C16H14BrN3/c1-12-6-5-9-14(15(12)17)19-16-18-10-11-20(16)13-7-3-2-4-8-13/h2-11H,1H3,(H,18,19).